The summed E-state index contributed by atoms with van der Waals surface area (Å²) in [6, 6.07) is 27.6. The fourth-order valence-electron chi connectivity index (χ4n) is 4.68. The molecule has 0 radical (unpaired) electrons. The highest BCUT2D eigenvalue weighted by atomic mass is 32.2. The second-order valence-electron chi connectivity index (χ2n) is 9.63. The molecular weight excluding hydrogens is 446 g/mol. The first-order chi connectivity index (χ1) is 15.6. The fourth-order valence-corrected chi connectivity index (χ4v) is 11.8. The molecule has 3 rings (SSSR count). The first kappa shape index (κ1) is 25.1. The van der Waals surface area contributed by atoms with Crippen molar-refractivity contribution in [3.8, 4) is 0 Å². The van der Waals surface area contributed by atoms with Crippen LogP contribution >= 0.6 is 0 Å². The van der Waals surface area contributed by atoms with E-state index in [0.29, 0.717) is 6.04 Å². The number of carbonyl (C=O) groups is 1. The van der Waals surface area contributed by atoms with Crippen molar-refractivity contribution < 1.29 is 13.2 Å². The van der Waals surface area contributed by atoms with E-state index in [1.165, 1.54) is 10.4 Å². The molecule has 1 atom stereocenters. The van der Waals surface area contributed by atoms with E-state index in [4.69, 9.17) is 0 Å². The Morgan fingerprint density at radius 2 is 1.33 bits per heavy atom. The maximum atomic E-state index is 13.2. The first-order valence-electron chi connectivity index (χ1n) is 11.2. The van der Waals surface area contributed by atoms with Gasteiger partial charge in [-0.05, 0) is 30.1 Å². The van der Waals surface area contributed by atoms with Crippen LogP contribution in [0.1, 0.15) is 32.8 Å². The third-order valence-corrected chi connectivity index (χ3v) is 14.2. The van der Waals surface area contributed by atoms with Crippen molar-refractivity contribution in [3.05, 3.63) is 90.5 Å². The van der Waals surface area contributed by atoms with Gasteiger partial charge in [-0.1, -0.05) is 110 Å². The molecule has 1 N–H and O–H groups in total. The first-order valence-corrected chi connectivity index (χ1v) is 14.9. The highest BCUT2D eigenvalue weighted by Crippen LogP contribution is 2.39. The van der Waals surface area contributed by atoms with Gasteiger partial charge in [0.15, 0.2) is 0 Å². The number of carbonyl (C=O) groups excluding carboxylic acids is 1. The molecule has 33 heavy (non-hydrogen) atoms. The number of rotatable bonds is 9. The van der Waals surface area contributed by atoms with Crippen molar-refractivity contribution in [3.63, 3.8) is 0 Å². The van der Waals surface area contributed by atoms with Crippen LogP contribution in [0, 0.1) is 6.92 Å². The Balaban J connectivity index is 2.11. The molecule has 4 nitrogen and oxygen atoms in total. The summed E-state index contributed by atoms with van der Waals surface area (Å²) in [7, 11) is -6.31. The van der Waals surface area contributed by atoms with Gasteiger partial charge >= 0.3 is 0 Å². The average Bonchev–Trinajstić information content (AvgIpc) is 2.78. The molecule has 3 aromatic rings. The van der Waals surface area contributed by atoms with Crippen molar-refractivity contribution in [1.29, 1.82) is 0 Å². The molecule has 3 aromatic carbocycles. The zero-order chi connectivity index (χ0) is 24.1. The molecule has 6 heteroatoms. The van der Waals surface area contributed by atoms with Gasteiger partial charge in [-0.2, -0.15) is 0 Å². The molecule has 0 fully saturated rings. The lowest BCUT2D eigenvalue weighted by Crippen LogP contribution is -2.66. The van der Waals surface area contributed by atoms with Crippen LogP contribution in [0.5, 0.6) is 0 Å². The molecule has 0 spiro atoms. The van der Waals surface area contributed by atoms with Crippen molar-refractivity contribution in [2.45, 2.75) is 56.1 Å². The van der Waals surface area contributed by atoms with E-state index in [1.807, 2.05) is 43.3 Å². The molecule has 0 aliphatic rings. The number of nitrogens with one attached hydrogen (secondary N) is 1. The van der Waals surface area contributed by atoms with Crippen LogP contribution in [0.2, 0.25) is 11.1 Å². The van der Waals surface area contributed by atoms with E-state index < -0.39 is 24.1 Å². The summed E-state index contributed by atoms with van der Waals surface area (Å²) in [4.78, 5) is 11.9. The van der Waals surface area contributed by atoms with Crippen molar-refractivity contribution in [2.24, 2.45) is 0 Å². The number of hydrogen-bond acceptors (Lipinski definition) is 3. The minimum atomic E-state index is -3.77. The quantitative estimate of drug-likeness (QED) is 0.368. The van der Waals surface area contributed by atoms with E-state index in [-0.39, 0.29) is 16.4 Å². The van der Waals surface area contributed by atoms with Gasteiger partial charge in [-0.3, -0.25) is 0 Å². The Bertz CT molecular complexity index is 1120. The maximum Gasteiger partial charge on any atom is 0.240 e. The molecule has 0 saturated carbocycles. The van der Waals surface area contributed by atoms with Crippen LogP contribution in [0.25, 0.3) is 0 Å². The summed E-state index contributed by atoms with van der Waals surface area (Å²) in [5.41, 5.74) is 0.991. The van der Waals surface area contributed by atoms with Crippen LogP contribution < -0.4 is 15.1 Å². The molecule has 0 unspecified atom stereocenters. The Kier molecular flexibility index (Phi) is 7.72. The summed E-state index contributed by atoms with van der Waals surface area (Å²) in [6.07, 6.45) is 0.940. The number of hydrogen-bond donors (Lipinski definition) is 1. The maximum absolute atomic E-state index is 13.2. The average molecular weight is 480 g/mol. The minimum Gasteiger partial charge on any atom is -0.303 e. The number of sulfonamides is 1. The zero-order valence-electron chi connectivity index (χ0n) is 19.8. The molecule has 0 aromatic heterocycles. The van der Waals surface area contributed by atoms with Crippen LogP contribution in [0.3, 0.4) is 0 Å². The van der Waals surface area contributed by atoms with Gasteiger partial charge in [-0.15, -0.1) is 0 Å². The Hall–Kier alpha value is -2.54. The van der Waals surface area contributed by atoms with Gasteiger partial charge in [0.05, 0.1) is 4.90 Å². The van der Waals surface area contributed by atoms with Gasteiger partial charge < -0.3 is 4.79 Å². The summed E-state index contributed by atoms with van der Waals surface area (Å²) in [5.74, 6) is 0. The summed E-state index contributed by atoms with van der Waals surface area (Å²) < 4.78 is 29.3. The molecule has 0 aliphatic heterocycles. The Morgan fingerprint density at radius 1 is 0.848 bits per heavy atom. The number of aldehydes is 1. The predicted octanol–water partition coefficient (Wildman–Crippen LogP) is 4.29. The largest absolute Gasteiger partial charge is 0.303 e. The van der Waals surface area contributed by atoms with Crippen LogP contribution in [0.4, 0.5) is 0 Å². The van der Waals surface area contributed by atoms with Gasteiger partial charge in [0.1, 0.15) is 14.4 Å². The van der Waals surface area contributed by atoms with Gasteiger partial charge in [0.2, 0.25) is 10.0 Å². The molecule has 0 aliphatic carbocycles. The standard InChI is InChI=1S/C27H33NO3SSi/c1-22-15-17-24(18-16-22)32(30,31)28-23(19-20-29)21-33(27(2,3)4,25-11-7-5-8-12-25)26-13-9-6-10-14-26/h5-18,20,23,28H,19,21H2,1-4H3/t23-/m1/s1. The molecule has 0 heterocycles. The highest BCUT2D eigenvalue weighted by molar-refractivity contribution is 7.89. The summed E-state index contributed by atoms with van der Waals surface area (Å²) >= 11 is 0. The fraction of sp³-hybridized carbons (Fsp3) is 0.296. The predicted molar refractivity (Wildman–Crippen MR) is 138 cm³/mol. The van der Waals surface area contributed by atoms with Crippen molar-refractivity contribution in [2.75, 3.05) is 0 Å². The van der Waals surface area contributed by atoms with Crippen LogP contribution in [-0.2, 0) is 14.8 Å². The molecule has 174 valence electrons. The lowest BCUT2D eigenvalue weighted by molar-refractivity contribution is -0.108. The van der Waals surface area contributed by atoms with Crippen molar-refractivity contribution in [1.82, 2.24) is 4.72 Å². The number of benzene rings is 3. The topological polar surface area (TPSA) is 63.2 Å². The highest BCUT2D eigenvalue weighted by Gasteiger charge is 2.49. The van der Waals surface area contributed by atoms with E-state index in [2.05, 4.69) is 49.8 Å². The molecule has 0 bridgehead atoms. The normalized spacial score (nSPS) is 13.5. The lowest BCUT2D eigenvalue weighted by Gasteiger charge is -2.46. The minimum absolute atomic E-state index is 0.121. The van der Waals surface area contributed by atoms with Gasteiger partial charge in [0.25, 0.3) is 0 Å². The summed E-state index contributed by atoms with van der Waals surface area (Å²) in [5, 5.41) is 2.33. The second kappa shape index (κ2) is 10.2. The molecule has 0 saturated heterocycles. The second-order valence-corrected chi connectivity index (χ2v) is 16.2. The molecular formula is C27H33NO3SSi. The van der Waals surface area contributed by atoms with Crippen LogP contribution in [-0.4, -0.2) is 28.8 Å². The SMILES string of the molecule is Cc1ccc(S(=O)(=O)N[C@H](CC=O)C[Si](c2ccccc2)(c2ccccc2)C(C)(C)C)cc1. The van der Waals surface area contributed by atoms with Crippen molar-refractivity contribution >= 4 is 34.8 Å². The zero-order valence-corrected chi connectivity index (χ0v) is 21.6. The monoisotopic (exact) mass is 479 g/mol. The van der Waals surface area contributed by atoms with E-state index >= 15 is 0 Å². The van der Waals surface area contributed by atoms with Gasteiger partial charge in [0, 0.05) is 12.5 Å². The van der Waals surface area contributed by atoms with Gasteiger partial charge in [-0.25, -0.2) is 13.1 Å². The van der Waals surface area contributed by atoms with E-state index in [9.17, 15) is 13.2 Å². The van der Waals surface area contributed by atoms with Crippen LogP contribution in [0.15, 0.2) is 89.8 Å². The third kappa shape index (κ3) is 5.51. The van der Waals surface area contributed by atoms with E-state index in [1.54, 1.807) is 24.3 Å². The third-order valence-electron chi connectivity index (χ3n) is 6.40. The molecule has 0 amide bonds. The summed E-state index contributed by atoms with van der Waals surface area (Å²) in [6.45, 7) is 8.60. The smallest absolute Gasteiger partial charge is 0.240 e. The Morgan fingerprint density at radius 3 is 1.76 bits per heavy atom. The lowest BCUT2D eigenvalue weighted by atomic mass is 10.2. The number of aryl methyl sites for hydroxylation is 1. The van der Waals surface area contributed by atoms with E-state index in [0.717, 1.165) is 11.8 Å². The Labute approximate surface area is 199 Å².